The zero-order valence-corrected chi connectivity index (χ0v) is 11.9. The van der Waals surface area contributed by atoms with Gasteiger partial charge in [0, 0.05) is 7.05 Å². The van der Waals surface area contributed by atoms with Crippen molar-refractivity contribution >= 4 is 17.0 Å². The number of aliphatic carboxylic acids is 1. The Morgan fingerprint density at radius 3 is 2.74 bits per heavy atom. The molecule has 0 radical (unpaired) electrons. The van der Waals surface area contributed by atoms with Crippen molar-refractivity contribution in [2.75, 3.05) is 0 Å². The monoisotopic (exact) mass is 260 g/mol. The van der Waals surface area contributed by atoms with Crippen molar-refractivity contribution in [3.8, 4) is 0 Å². The molecule has 2 rings (SSSR count). The molecule has 1 aromatic carbocycles. The number of carbonyl (C=O) groups is 1. The summed E-state index contributed by atoms with van der Waals surface area (Å²) in [6.07, 6.45) is 0.914. The molecule has 4 heteroatoms. The molecule has 0 atom stereocenters. The molecule has 1 heterocycles. The molecule has 19 heavy (non-hydrogen) atoms. The lowest BCUT2D eigenvalue weighted by atomic mass is 9.83. The molecule has 0 fully saturated rings. The molecular formula is C15H20N2O2. The van der Waals surface area contributed by atoms with Crippen LogP contribution in [0.25, 0.3) is 11.0 Å². The lowest BCUT2D eigenvalue weighted by Gasteiger charge is -2.22. The van der Waals surface area contributed by atoms with Crippen molar-refractivity contribution in [3.63, 3.8) is 0 Å². The third-order valence-electron chi connectivity index (χ3n) is 3.48. The molecule has 1 N–H and O–H groups in total. The zero-order chi connectivity index (χ0) is 14.2. The van der Waals surface area contributed by atoms with E-state index >= 15 is 0 Å². The number of nitrogens with zero attached hydrogens (tertiary/aromatic N) is 2. The van der Waals surface area contributed by atoms with Crippen LogP contribution in [-0.4, -0.2) is 20.6 Å². The molecule has 0 aliphatic rings. The number of imidazole rings is 1. The van der Waals surface area contributed by atoms with Gasteiger partial charge < -0.3 is 9.67 Å². The van der Waals surface area contributed by atoms with Crippen molar-refractivity contribution in [2.24, 2.45) is 12.5 Å². The summed E-state index contributed by atoms with van der Waals surface area (Å²) in [5.41, 5.74) is 2.97. The van der Waals surface area contributed by atoms with E-state index in [9.17, 15) is 4.79 Å². The van der Waals surface area contributed by atoms with Crippen molar-refractivity contribution < 1.29 is 9.90 Å². The predicted octanol–water partition coefficient (Wildman–Crippen LogP) is 2.93. The van der Waals surface area contributed by atoms with Gasteiger partial charge in [-0.3, -0.25) is 4.79 Å². The van der Waals surface area contributed by atoms with Gasteiger partial charge in [-0.2, -0.15) is 0 Å². The molecule has 0 amide bonds. The Labute approximate surface area is 113 Å². The fourth-order valence-corrected chi connectivity index (χ4v) is 2.50. The van der Waals surface area contributed by atoms with Crippen molar-refractivity contribution in [2.45, 2.75) is 33.6 Å². The average Bonchev–Trinajstić information content (AvgIpc) is 2.51. The maximum atomic E-state index is 10.8. The number of carboxylic acids is 1. The minimum atomic E-state index is -0.750. The third kappa shape index (κ3) is 2.95. The average molecular weight is 260 g/mol. The summed E-state index contributed by atoms with van der Waals surface area (Å²) in [5, 5.41) is 8.92. The lowest BCUT2D eigenvalue weighted by molar-refractivity contribution is -0.139. The van der Waals surface area contributed by atoms with Gasteiger partial charge in [0.15, 0.2) is 0 Å². The topological polar surface area (TPSA) is 55.1 Å². The van der Waals surface area contributed by atoms with E-state index in [0.717, 1.165) is 28.8 Å². The van der Waals surface area contributed by atoms with Gasteiger partial charge in [0.2, 0.25) is 0 Å². The van der Waals surface area contributed by atoms with E-state index in [1.54, 1.807) is 0 Å². The van der Waals surface area contributed by atoms with Crippen molar-refractivity contribution in [1.29, 1.82) is 0 Å². The van der Waals surface area contributed by atoms with Gasteiger partial charge in [-0.05, 0) is 36.5 Å². The number of carboxylic acid groups (broad SMARTS) is 1. The second-order valence-electron chi connectivity index (χ2n) is 5.95. The molecule has 2 aromatic rings. The molecule has 0 unspecified atom stereocenters. The smallest absolute Gasteiger partial charge is 0.303 e. The molecule has 102 valence electrons. The van der Waals surface area contributed by atoms with Gasteiger partial charge in [-0.1, -0.05) is 19.9 Å². The van der Waals surface area contributed by atoms with Crippen LogP contribution in [-0.2, 0) is 18.3 Å². The second-order valence-corrected chi connectivity index (χ2v) is 5.95. The first-order valence-corrected chi connectivity index (χ1v) is 6.42. The van der Waals surface area contributed by atoms with E-state index < -0.39 is 5.97 Å². The summed E-state index contributed by atoms with van der Waals surface area (Å²) in [6, 6.07) is 6.18. The number of rotatable bonds is 4. The van der Waals surface area contributed by atoms with Crippen molar-refractivity contribution in [3.05, 3.63) is 29.6 Å². The molecule has 0 saturated carbocycles. The van der Waals surface area contributed by atoms with E-state index in [0.29, 0.717) is 0 Å². The van der Waals surface area contributed by atoms with Crippen molar-refractivity contribution in [1.82, 2.24) is 9.55 Å². The van der Waals surface area contributed by atoms with Gasteiger partial charge in [0.1, 0.15) is 5.82 Å². The van der Waals surface area contributed by atoms with Gasteiger partial charge >= 0.3 is 5.97 Å². The number of benzene rings is 1. The number of aromatic nitrogens is 2. The minimum absolute atomic E-state index is 0.173. The Hall–Kier alpha value is -1.84. The summed E-state index contributed by atoms with van der Waals surface area (Å²) in [7, 11) is 2.00. The van der Waals surface area contributed by atoms with Crippen LogP contribution in [0.3, 0.4) is 0 Å². The van der Waals surface area contributed by atoms with Crippen LogP contribution < -0.4 is 0 Å². The lowest BCUT2D eigenvalue weighted by Crippen LogP contribution is -2.19. The van der Waals surface area contributed by atoms with Gasteiger partial charge in [-0.15, -0.1) is 0 Å². The quantitative estimate of drug-likeness (QED) is 0.919. The molecule has 0 saturated heterocycles. The van der Waals surface area contributed by atoms with Crippen LogP contribution in [0.2, 0.25) is 0 Å². The van der Waals surface area contributed by atoms with Gasteiger partial charge in [0.25, 0.3) is 0 Å². The van der Waals surface area contributed by atoms with E-state index in [4.69, 9.17) is 5.11 Å². The van der Waals surface area contributed by atoms with E-state index in [1.165, 1.54) is 0 Å². The maximum Gasteiger partial charge on any atom is 0.303 e. The molecule has 0 spiro atoms. The summed E-state index contributed by atoms with van der Waals surface area (Å²) >= 11 is 0. The largest absolute Gasteiger partial charge is 0.481 e. The van der Waals surface area contributed by atoms with Crippen LogP contribution in [0.15, 0.2) is 18.2 Å². The molecule has 1 aromatic heterocycles. The Morgan fingerprint density at radius 2 is 2.11 bits per heavy atom. The Balaban J connectivity index is 2.29. The van der Waals surface area contributed by atoms with E-state index in [-0.39, 0.29) is 11.8 Å². The standard InChI is InChI=1S/C15H20N2O2/c1-10-16-12-7-11(5-6-13(12)17(10)4)8-15(2,3)9-14(18)19/h5-7H,8-9H2,1-4H3,(H,18,19). The van der Waals surface area contributed by atoms with Crippen LogP contribution in [0, 0.1) is 12.3 Å². The minimum Gasteiger partial charge on any atom is -0.481 e. The van der Waals surface area contributed by atoms with Crippen LogP contribution in [0.5, 0.6) is 0 Å². The number of fused-ring (bicyclic) bond motifs is 1. The summed E-state index contributed by atoms with van der Waals surface area (Å²) in [6.45, 7) is 5.94. The highest BCUT2D eigenvalue weighted by molar-refractivity contribution is 5.76. The Kier molecular flexibility index (Phi) is 3.35. The first kappa shape index (κ1) is 13.6. The number of hydrogen-bond acceptors (Lipinski definition) is 2. The first-order chi connectivity index (χ1) is 8.78. The normalized spacial score (nSPS) is 12.0. The summed E-state index contributed by atoms with van der Waals surface area (Å²) in [5.74, 6) is 0.233. The Morgan fingerprint density at radius 1 is 1.42 bits per heavy atom. The molecule has 4 nitrogen and oxygen atoms in total. The highest BCUT2D eigenvalue weighted by Crippen LogP contribution is 2.27. The molecule has 0 aliphatic carbocycles. The van der Waals surface area contributed by atoms with Gasteiger partial charge in [0.05, 0.1) is 17.5 Å². The zero-order valence-electron chi connectivity index (χ0n) is 11.9. The fourth-order valence-electron chi connectivity index (χ4n) is 2.50. The third-order valence-corrected chi connectivity index (χ3v) is 3.48. The molecule has 0 bridgehead atoms. The number of aryl methyl sites for hydroxylation is 2. The van der Waals surface area contributed by atoms with E-state index in [1.807, 2.05) is 27.8 Å². The highest BCUT2D eigenvalue weighted by atomic mass is 16.4. The highest BCUT2D eigenvalue weighted by Gasteiger charge is 2.22. The second kappa shape index (κ2) is 4.68. The molecular weight excluding hydrogens is 240 g/mol. The summed E-state index contributed by atoms with van der Waals surface area (Å²) in [4.78, 5) is 15.4. The maximum absolute atomic E-state index is 10.8. The predicted molar refractivity (Wildman–Crippen MR) is 75.2 cm³/mol. The van der Waals surface area contributed by atoms with E-state index in [2.05, 4.69) is 27.8 Å². The van der Waals surface area contributed by atoms with Crippen LogP contribution in [0.1, 0.15) is 31.7 Å². The fraction of sp³-hybridized carbons (Fsp3) is 0.467. The summed E-state index contributed by atoms with van der Waals surface area (Å²) < 4.78 is 2.06. The first-order valence-electron chi connectivity index (χ1n) is 6.42. The SMILES string of the molecule is Cc1nc2cc(CC(C)(C)CC(=O)O)ccc2n1C. The van der Waals surface area contributed by atoms with Gasteiger partial charge in [-0.25, -0.2) is 4.98 Å². The van der Waals surface area contributed by atoms with Crippen LogP contribution >= 0.6 is 0 Å². The number of hydrogen-bond donors (Lipinski definition) is 1. The molecule has 0 aliphatic heterocycles. The Bertz CT molecular complexity index is 626. The van der Waals surface area contributed by atoms with Crippen LogP contribution in [0.4, 0.5) is 0 Å².